The molecule has 1 atom stereocenters. The predicted octanol–water partition coefficient (Wildman–Crippen LogP) is 2.36. The van der Waals surface area contributed by atoms with Gasteiger partial charge in [-0.25, -0.2) is 4.39 Å². The van der Waals surface area contributed by atoms with Crippen LogP contribution in [0, 0.1) is 5.82 Å². The van der Waals surface area contributed by atoms with Crippen molar-refractivity contribution in [2.24, 2.45) is 0 Å². The average molecular weight is 278 g/mol. The first-order valence-electron chi connectivity index (χ1n) is 7.33. The number of amides is 1. The molecule has 110 valence electrons. The molecule has 20 heavy (non-hydrogen) atoms. The molecule has 0 saturated carbocycles. The molecule has 0 aliphatic carbocycles. The highest BCUT2D eigenvalue weighted by Crippen LogP contribution is 2.12. The molecule has 4 heteroatoms. The van der Waals surface area contributed by atoms with Crippen molar-refractivity contribution in [1.82, 2.24) is 10.2 Å². The molecule has 1 N–H and O–H groups in total. The van der Waals surface area contributed by atoms with Gasteiger partial charge in [-0.05, 0) is 50.9 Å². The Kier molecular flexibility index (Phi) is 5.12. The molecule has 1 aliphatic heterocycles. The summed E-state index contributed by atoms with van der Waals surface area (Å²) in [6.07, 6.45) is 2.56. The zero-order valence-corrected chi connectivity index (χ0v) is 12.2. The van der Waals surface area contributed by atoms with E-state index < -0.39 is 0 Å². The molecule has 1 unspecified atom stereocenters. The standard InChI is InChI=1S/C16H23FN2O/c1-12(2)19(11-15-7-4-8-18-15)16(20)10-13-5-3-6-14(17)9-13/h3,5-6,9,12,15,18H,4,7-8,10-11H2,1-2H3. The first kappa shape index (κ1) is 15.0. The van der Waals surface area contributed by atoms with Gasteiger partial charge in [0.2, 0.25) is 5.91 Å². The highest BCUT2D eigenvalue weighted by atomic mass is 19.1. The molecular formula is C16H23FN2O. The maximum Gasteiger partial charge on any atom is 0.227 e. The summed E-state index contributed by atoms with van der Waals surface area (Å²) >= 11 is 0. The van der Waals surface area contributed by atoms with Crippen molar-refractivity contribution in [2.45, 2.75) is 45.2 Å². The van der Waals surface area contributed by atoms with Gasteiger partial charge in [-0.3, -0.25) is 4.79 Å². The van der Waals surface area contributed by atoms with Crippen molar-refractivity contribution in [1.29, 1.82) is 0 Å². The fourth-order valence-electron chi connectivity index (χ4n) is 2.67. The van der Waals surface area contributed by atoms with Gasteiger partial charge in [0.25, 0.3) is 0 Å². The lowest BCUT2D eigenvalue weighted by molar-refractivity contribution is -0.132. The lowest BCUT2D eigenvalue weighted by atomic mass is 10.1. The van der Waals surface area contributed by atoms with E-state index in [9.17, 15) is 9.18 Å². The van der Waals surface area contributed by atoms with Crippen LogP contribution < -0.4 is 5.32 Å². The van der Waals surface area contributed by atoms with E-state index >= 15 is 0 Å². The van der Waals surface area contributed by atoms with Crippen molar-refractivity contribution < 1.29 is 9.18 Å². The maximum absolute atomic E-state index is 13.2. The Labute approximate surface area is 120 Å². The molecular weight excluding hydrogens is 255 g/mol. The predicted molar refractivity (Wildman–Crippen MR) is 78.0 cm³/mol. The van der Waals surface area contributed by atoms with Gasteiger partial charge in [-0.1, -0.05) is 12.1 Å². The number of benzene rings is 1. The lowest BCUT2D eigenvalue weighted by Crippen LogP contribution is -2.45. The first-order chi connectivity index (χ1) is 9.56. The molecule has 1 aliphatic rings. The van der Waals surface area contributed by atoms with Gasteiger partial charge in [-0.2, -0.15) is 0 Å². The molecule has 1 amide bonds. The number of hydrogen-bond donors (Lipinski definition) is 1. The fourth-order valence-corrected chi connectivity index (χ4v) is 2.67. The van der Waals surface area contributed by atoms with Crippen molar-refractivity contribution in [3.8, 4) is 0 Å². The van der Waals surface area contributed by atoms with Gasteiger partial charge in [-0.15, -0.1) is 0 Å². The number of hydrogen-bond acceptors (Lipinski definition) is 2. The molecule has 2 rings (SSSR count). The Hall–Kier alpha value is -1.42. The van der Waals surface area contributed by atoms with Crippen LogP contribution in [0.4, 0.5) is 4.39 Å². The Bertz CT molecular complexity index is 456. The van der Waals surface area contributed by atoms with Crippen LogP contribution in [0.15, 0.2) is 24.3 Å². The van der Waals surface area contributed by atoms with Gasteiger partial charge in [0.15, 0.2) is 0 Å². The number of halogens is 1. The van der Waals surface area contributed by atoms with E-state index in [1.54, 1.807) is 12.1 Å². The summed E-state index contributed by atoms with van der Waals surface area (Å²) in [6.45, 7) is 5.83. The second kappa shape index (κ2) is 6.84. The van der Waals surface area contributed by atoms with E-state index in [1.165, 1.54) is 18.6 Å². The van der Waals surface area contributed by atoms with Crippen LogP contribution in [0.25, 0.3) is 0 Å². The summed E-state index contributed by atoms with van der Waals surface area (Å²) < 4.78 is 13.2. The number of rotatable bonds is 5. The molecule has 0 aromatic heterocycles. The van der Waals surface area contributed by atoms with Gasteiger partial charge < -0.3 is 10.2 Å². The van der Waals surface area contributed by atoms with Crippen LogP contribution in [0.3, 0.4) is 0 Å². The van der Waals surface area contributed by atoms with E-state index in [-0.39, 0.29) is 24.2 Å². The van der Waals surface area contributed by atoms with Crippen molar-refractivity contribution in [3.05, 3.63) is 35.6 Å². The third-order valence-corrected chi connectivity index (χ3v) is 3.77. The second-order valence-corrected chi connectivity index (χ2v) is 5.74. The van der Waals surface area contributed by atoms with E-state index in [1.807, 2.05) is 18.7 Å². The quantitative estimate of drug-likeness (QED) is 0.896. The summed E-state index contributed by atoms with van der Waals surface area (Å²) in [5, 5.41) is 3.42. The second-order valence-electron chi connectivity index (χ2n) is 5.74. The van der Waals surface area contributed by atoms with Crippen LogP contribution in [0.5, 0.6) is 0 Å². The highest BCUT2D eigenvalue weighted by molar-refractivity contribution is 5.79. The van der Waals surface area contributed by atoms with Crippen LogP contribution in [-0.4, -0.2) is 36.0 Å². The third-order valence-electron chi connectivity index (χ3n) is 3.77. The Morgan fingerprint density at radius 1 is 1.50 bits per heavy atom. The van der Waals surface area contributed by atoms with E-state index in [0.717, 1.165) is 25.1 Å². The van der Waals surface area contributed by atoms with Crippen molar-refractivity contribution in [2.75, 3.05) is 13.1 Å². The SMILES string of the molecule is CC(C)N(CC1CCCN1)C(=O)Cc1cccc(F)c1. The summed E-state index contributed by atoms with van der Waals surface area (Å²) in [5.74, 6) is -0.219. The fraction of sp³-hybridized carbons (Fsp3) is 0.562. The largest absolute Gasteiger partial charge is 0.338 e. The topological polar surface area (TPSA) is 32.3 Å². The zero-order chi connectivity index (χ0) is 14.5. The molecule has 0 radical (unpaired) electrons. The zero-order valence-electron chi connectivity index (χ0n) is 12.2. The van der Waals surface area contributed by atoms with E-state index in [4.69, 9.17) is 0 Å². The Balaban J connectivity index is 1.99. The molecule has 0 bridgehead atoms. The van der Waals surface area contributed by atoms with Gasteiger partial charge in [0.05, 0.1) is 6.42 Å². The van der Waals surface area contributed by atoms with Gasteiger partial charge >= 0.3 is 0 Å². The minimum atomic E-state index is -0.288. The highest BCUT2D eigenvalue weighted by Gasteiger charge is 2.23. The average Bonchev–Trinajstić information content (AvgIpc) is 2.88. The summed E-state index contributed by atoms with van der Waals surface area (Å²) in [7, 11) is 0. The molecule has 1 heterocycles. The third kappa shape index (κ3) is 4.04. The normalized spacial score (nSPS) is 18.5. The molecule has 0 spiro atoms. The molecule has 3 nitrogen and oxygen atoms in total. The molecule has 1 saturated heterocycles. The Morgan fingerprint density at radius 3 is 2.90 bits per heavy atom. The van der Waals surface area contributed by atoms with Crippen molar-refractivity contribution in [3.63, 3.8) is 0 Å². The van der Waals surface area contributed by atoms with Crippen LogP contribution in [0.1, 0.15) is 32.3 Å². The van der Waals surface area contributed by atoms with Gasteiger partial charge in [0, 0.05) is 18.6 Å². The van der Waals surface area contributed by atoms with Crippen LogP contribution in [0.2, 0.25) is 0 Å². The Morgan fingerprint density at radius 2 is 2.30 bits per heavy atom. The van der Waals surface area contributed by atoms with E-state index in [0.29, 0.717) is 6.04 Å². The molecule has 1 fully saturated rings. The number of carbonyl (C=O) groups excluding carboxylic acids is 1. The van der Waals surface area contributed by atoms with E-state index in [2.05, 4.69) is 5.32 Å². The smallest absolute Gasteiger partial charge is 0.227 e. The first-order valence-corrected chi connectivity index (χ1v) is 7.33. The van der Waals surface area contributed by atoms with Crippen molar-refractivity contribution >= 4 is 5.91 Å². The molecule has 1 aromatic rings. The minimum absolute atomic E-state index is 0.0688. The number of carbonyl (C=O) groups is 1. The van der Waals surface area contributed by atoms with Gasteiger partial charge in [0.1, 0.15) is 5.82 Å². The molecule has 1 aromatic carbocycles. The number of nitrogens with zero attached hydrogens (tertiary/aromatic N) is 1. The van der Waals surface area contributed by atoms with Crippen LogP contribution in [-0.2, 0) is 11.2 Å². The summed E-state index contributed by atoms with van der Waals surface area (Å²) in [4.78, 5) is 14.3. The number of nitrogens with one attached hydrogen (secondary N) is 1. The minimum Gasteiger partial charge on any atom is -0.338 e. The maximum atomic E-state index is 13.2. The van der Waals surface area contributed by atoms with Crippen LogP contribution >= 0.6 is 0 Å². The summed E-state index contributed by atoms with van der Waals surface area (Å²) in [5.41, 5.74) is 0.736. The monoisotopic (exact) mass is 278 g/mol. The summed E-state index contributed by atoms with van der Waals surface area (Å²) in [6, 6.07) is 6.84. The lowest BCUT2D eigenvalue weighted by Gasteiger charge is -2.29.